The van der Waals surface area contributed by atoms with Crippen LogP contribution in [-0.4, -0.2) is 60.2 Å². The van der Waals surface area contributed by atoms with Gasteiger partial charge in [0.1, 0.15) is 29.9 Å². The molecular weight excluding hydrogens is 466 g/mol. The molecule has 1 atom stereocenters. The molecule has 33 heavy (non-hydrogen) atoms. The van der Waals surface area contributed by atoms with Crippen LogP contribution in [0.25, 0.3) is 0 Å². The maximum Gasteiger partial charge on any atom is 0.471 e. The highest BCUT2D eigenvalue weighted by Gasteiger charge is 2.40. The lowest BCUT2D eigenvalue weighted by Crippen LogP contribution is -2.57. The normalized spacial score (nSPS) is 16.9. The first-order valence-corrected chi connectivity index (χ1v) is 10.3. The molecule has 1 aliphatic rings. The minimum absolute atomic E-state index is 0.0518. The van der Waals surface area contributed by atoms with Crippen LogP contribution >= 0.6 is 11.6 Å². The number of nitrogens with one attached hydrogen (secondary N) is 1. The van der Waals surface area contributed by atoms with Crippen LogP contribution in [-0.2, 0) is 16.1 Å². The van der Waals surface area contributed by atoms with E-state index in [-0.39, 0.29) is 19.0 Å². The van der Waals surface area contributed by atoms with Crippen LogP contribution in [0.4, 0.5) is 17.6 Å². The molecule has 1 saturated heterocycles. The van der Waals surface area contributed by atoms with E-state index in [1.807, 2.05) is 5.32 Å². The summed E-state index contributed by atoms with van der Waals surface area (Å²) in [4.78, 5) is 26.5. The van der Waals surface area contributed by atoms with Crippen molar-refractivity contribution >= 4 is 23.4 Å². The average Bonchev–Trinajstić information content (AvgIpc) is 2.78. The van der Waals surface area contributed by atoms with Crippen LogP contribution in [0.5, 0.6) is 5.75 Å². The maximum atomic E-state index is 13.2. The third-order valence-electron chi connectivity index (χ3n) is 5.07. The zero-order valence-corrected chi connectivity index (χ0v) is 18.0. The van der Waals surface area contributed by atoms with Crippen molar-refractivity contribution in [1.82, 2.24) is 15.1 Å². The Morgan fingerprint density at radius 3 is 2.39 bits per heavy atom. The number of benzene rings is 2. The first kappa shape index (κ1) is 24.6. The third kappa shape index (κ3) is 6.71. The van der Waals surface area contributed by atoms with Crippen molar-refractivity contribution in [3.63, 3.8) is 0 Å². The maximum absolute atomic E-state index is 13.2. The Bertz CT molecular complexity index is 1010. The van der Waals surface area contributed by atoms with Gasteiger partial charge >= 0.3 is 12.1 Å². The van der Waals surface area contributed by atoms with E-state index in [4.69, 9.17) is 16.3 Å². The fourth-order valence-corrected chi connectivity index (χ4v) is 3.50. The van der Waals surface area contributed by atoms with Gasteiger partial charge < -0.3 is 15.0 Å². The Hall–Kier alpha value is -3.07. The number of nitrogens with zero attached hydrogens (tertiary/aromatic N) is 2. The largest absolute Gasteiger partial charge is 0.478 e. The van der Waals surface area contributed by atoms with Crippen molar-refractivity contribution in [2.45, 2.75) is 18.8 Å². The van der Waals surface area contributed by atoms with Gasteiger partial charge in [-0.15, -0.1) is 0 Å². The number of rotatable bonds is 7. The number of hydrogen-bond donors (Lipinski definition) is 1. The molecule has 1 unspecified atom stereocenters. The number of hydrogen-bond acceptors (Lipinski definition) is 5. The molecule has 176 valence electrons. The molecule has 2 aromatic carbocycles. The summed E-state index contributed by atoms with van der Waals surface area (Å²) in [5.74, 6) is -0.244. The zero-order chi connectivity index (χ0) is 24.0. The highest BCUT2D eigenvalue weighted by atomic mass is 35.5. The van der Waals surface area contributed by atoms with E-state index in [1.54, 1.807) is 52.1 Å². The molecule has 1 aliphatic heterocycles. The monoisotopic (exact) mass is 485 g/mol. The highest BCUT2D eigenvalue weighted by Crippen LogP contribution is 2.23. The van der Waals surface area contributed by atoms with E-state index in [2.05, 4.69) is 0 Å². The van der Waals surface area contributed by atoms with Crippen LogP contribution in [0, 0.1) is 5.82 Å². The number of piperazine rings is 1. The Morgan fingerprint density at radius 2 is 1.79 bits per heavy atom. The van der Waals surface area contributed by atoms with Gasteiger partial charge in [-0.05, 0) is 42.0 Å². The van der Waals surface area contributed by atoms with Gasteiger partial charge in [-0.25, -0.2) is 9.18 Å². The molecule has 0 spiro atoms. The summed E-state index contributed by atoms with van der Waals surface area (Å²) in [5, 5.41) is 2.34. The summed E-state index contributed by atoms with van der Waals surface area (Å²) in [5.41, 5.74) is 0.765. The molecule has 2 aromatic rings. The second kappa shape index (κ2) is 10.7. The average molecular weight is 486 g/mol. The summed E-state index contributed by atoms with van der Waals surface area (Å²) in [6, 6.07) is 11.2. The van der Waals surface area contributed by atoms with E-state index in [0.29, 0.717) is 29.4 Å². The van der Waals surface area contributed by atoms with E-state index in [1.165, 1.54) is 12.1 Å². The van der Waals surface area contributed by atoms with Crippen molar-refractivity contribution < 1.29 is 31.9 Å². The lowest BCUT2D eigenvalue weighted by Gasteiger charge is -2.42. The van der Waals surface area contributed by atoms with Crippen LogP contribution in [0.2, 0.25) is 5.02 Å². The van der Waals surface area contributed by atoms with Crippen LogP contribution < -0.4 is 10.1 Å². The van der Waals surface area contributed by atoms with E-state index in [9.17, 15) is 27.2 Å². The Morgan fingerprint density at radius 1 is 1.12 bits per heavy atom. The minimum atomic E-state index is -5.06. The van der Waals surface area contributed by atoms with Crippen LogP contribution in [0.15, 0.2) is 54.2 Å². The molecular formula is C22H20ClF4N3O3. The third-order valence-corrected chi connectivity index (χ3v) is 5.32. The van der Waals surface area contributed by atoms with Gasteiger partial charge in [0.05, 0.1) is 6.04 Å². The van der Waals surface area contributed by atoms with Crippen molar-refractivity contribution in [2.75, 3.05) is 26.4 Å². The fourth-order valence-electron chi connectivity index (χ4n) is 3.37. The molecule has 1 N–H and O–H groups in total. The molecule has 1 heterocycles. The number of amides is 1. The van der Waals surface area contributed by atoms with Crippen molar-refractivity contribution in [1.29, 1.82) is 0 Å². The molecule has 1 fully saturated rings. The molecule has 0 aromatic heterocycles. The SMILES string of the molecule is O=C=C1C(CNC(=O)C(F)(F)F)N(COc2ccc(Cl)cc2)CCN1Cc1ccc(F)cc1. The fraction of sp³-hybridized carbons (Fsp3) is 0.318. The predicted molar refractivity (Wildman–Crippen MR) is 113 cm³/mol. The number of carbonyl (C=O) groups is 1. The van der Waals surface area contributed by atoms with Gasteiger partial charge in [-0.2, -0.15) is 13.2 Å². The lowest BCUT2D eigenvalue weighted by molar-refractivity contribution is -0.173. The molecule has 6 nitrogen and oxygen atoms in total. The van der Waals surface area contributed by atoms with E-state index in [0.717, 1.165) is 0 Å². The summed E-state index contributed by atoms with van der Waals surface area (Å²) >= 11 is 5.85. The Balaban J connectivity index is 1.76. The van der Waals surface area contributed by atoms with Gasteiger partial charge in [-0.3, -0.25) is 9.69 Å². The minimum Gasteiger partial charge on any atom is -0.478 e. The van der Waals surface area contributed by atoms with Gasteiger partial charge in [0, 0.05) is 31.2 Å². The summed E-state index contributed by atoms with van der Waals surface area (Å²) < 4.78 is 57.0. The van der Waals surface area contributed by atoms with E-state index >= 15 is 0 Å². The summed E-state index contributed by atoms with van der Waals surface area (Å²) in [6.07, 6.45) is -5.06. The van der Waals surface area contributed by atoms with E-state index < -0.39 is 30.5 Å². The summed E-state index contributed by atoms with van der Waals surface area (Å²) in [7, 11) is 0. The predicted octanol–water partition coefficient (Wildman–Crippen LogP) is 3.40. The van der Waals surface area contributed by atoms with Crippen LogP contribution in [0.3, 0.4) is 0 Å². The van der Waals surface area contributed by atoms with Crippen molar-refractivity contribution in [3.8, 4) is 5.75 Å². The Labute approximate surface area is 192 Å². The standard InChI is InChI=1S/C22H20ClF4N3O3/c23-16-3-7-18(8-4-16)33-14-30-10-9-29(12-15-1-5-17(24)6-2-15)20(13-31)19(30)11-28-21(32)22(25,26)27/h1-8,19H,9-12,14H2,(H,28,32). The highest BCUT2D eigenvalue weighted by molar-refractivity contribution is 6.30. The molecule has 0 saturated carbocycles. The van der Waals surface area contributed by atoms with Crippen molar-refractivity contribution in [2.24, 2.45) is 0 Å². The number of halogens is 5. The summed E-state index contributed by atoms with van der Waals surface area (Å²) in [6.45, 7) is 0.360. The second-order valence-electron chi connectivity index (χ2n) is 7.30. The van der Waals surface area contributed by atoms with Gasteiger partial charge in [0.2, 0.25) is 0 Å². The number of alkyl halides is 3. The topological polar surface area (TPSA) is 61.9 Å². The van der Waals surface area contributed by atoms with Gasteiger partial charge in [-0.1, -0.05) is 23.7 Å². The second-order valence-corrected chi connectivity index (χ2v) is 7.74. The molecule has 11 heteroatoms. The Kier molecular flexibility index (Phi) is 7.97. The van der Waals surface area contributed by atoms with Gasteiger partial charge in [0.25, 0.3) is 0 Å². The molecule has 0 aliphatic carbocycles. The molecule has 3 rings (SSSR count). The van der Waals surface area contributed by atoms with Crippen molar-refractivity contribution in [3.05, 3.63) is 70.6 Å². The number of ether oxygens (including phenoxy) is 1. The lowest BCUT2D eigenvalue weighted by atomic mass is 10.1. The number of carbonyl (C=O) groups excluding carboxylic acids is 2. The molecule has 0 radical (unpaired) electrons. The van der Waals surface area contributed by atoms with Crippen LogP contribution in [0.1, 0.15) is 5.56 Å². The smallest absolute Gasteiger partial charge is 0.471 e. The first-order valence-electron chi connectivity index (χ1n) is 9.89. The zero-order valence-electron chi connectivity index (χ0n) is 17.2. The molecule has 0 bridgehead atoms. The first-order chi connectivity index (χ1) is 15.7. The molecule has 1 amide bonds. The van der Waals surface area contributed by atoms with Gasteiger partial charge in [0.15, 0.2) is 0 Å². The quantitative estimate of drug-likeness (QED) is 0.481.